The van der Waals surface area contributed by atoms with Gasteiger partial charge < -0.3 is 10.6 Å². The smallest absolute Gasteiger partial charge is 0.0635 e. The fraction of sp³-hybridized carbons (Fsp3) is 0.917. The highest BCUT2D eigenvalue weighted by atomic mass is 15.2. The van der Waals surface area contributed by atoms with Gasteiger partial charge in [0.15, 0.2) is 0 Å². The zero-order valence-corrected chi connectivity index (χ0v) is 10.7. The van der Waals surface area contributed by atoms with Crippen LogP contribution in [0.2, 0.25) is 0 Å². The van der Waals surface area contributed by atoms with Gasteiger partial charge in [-0.2, -0.15) is 5.26 Å². The zero-order valence-electron chi connectivity index (χ0n) is 10.7. The Bertz CT molecular complexity index is 212. The van der Waals surface area contributed by atoms with Crippen molar-refractivity contribution in [3.63, 3.8) is 0 Å². The Hall–Kier alpha value is -0.590. The quantitative estimate of drug-likeness (QED) is 0.756. The second-order valence-corrected chi connectivity index (χ2v) is 5.27. The fourth-order valence-electron chi connectivity index (χ4n) is 2.22. The number of hydrogen-bond donors (Lipinski definition) is 1. The van der Waals surface area contributed by atoms with Crippen molar-refractivity contribution >= 4 is 0 Å². The van der Waals surface area contributed by atoms with Gasteiger partial charge in [0.2, 0.25) is 0 Å². The third kappa shape index (κ3) is 4.63. The summed E-state index contributed by atoms with van der Waals surface area (Å²) in [7, 11) is 2.06. The summed E-state index contributed by atoms with van der Waals surface area (Å²) < 4.78 is 0. The van der Waals surface area contributed by atoms with Crippen LogP contribution in [0.4, 0.5) is 0 Å². The van der Waals surface area contributed by atoms with Crippen LogP contribution in [0.15, 0.2) is 0 Å². The van der Waals surface area contributed by atoms with Gasteiger partial charge in [-0.3, -0.25) is 0 Å². The molecule has 0 radical (unpaired) electrons. The van der Waals surface area contributed by atoms with Crippen LogP contribution >= 0.6 is 0 Å². The van der Waals surface area contributed by atoms with Crippen molar-refractivity contribution in [2.24, 2.45) is 11.1 Å². The normalized spacial score (nSPS) is 16.1. The Labute approximate surface area is 94.2 Å². The summed E-state index contributed by atoms with van der Waals surface area (Å²) in [5, 5.41) is 8.59. The molecule has 0 aliphatic rings. The van der Waals surface area contributed by atoms with Crippen LogP contribution in [0.25, 0.3) is 0 Å². The minimum absolute atomic E-state index is 0.152. The van der Waals surface area contributed by atoms with E-state index in [1.165, 1.54) is 0 Å². The van der Waals surface area contributed by atoms with Crippen LogP contribution < -0.4 is 5.73 Å². The molecule has 3 heteroatoms. The second kappa shape index (κ2) is 6.09. The summed E-state index contributed by atoms with van der Waals surface area (Å²) in [5.74, 6) is 0. The van der Waals surface area contributed by atoms with Crippen LogP contribution in [-0.2, 0) is 0 Å². The standard InChI is InChI=1S/C12H25N3/c1-6-10(14)11(12(2,3)4)15(5)9-7-8-13/h10-11H,6-7,9,14H2,1-5H3. The van der Waals surface area contributed by atoms with Gasteiger partial charge in [-0.05, 0) is 18.9 Å². The second-order valence-electron chi connectivity index (χ2n) is 5.27. The van der Waals surface area contributed by atoms with E-state index in [0.29, 0.717) is 12.5 Å². The Morgan fingerprint density at radius 2 is 1.93 bits per heavy atom. The summed E-state index contributed by atoms with van der Waals surface area (Å²) in [5.41, 5.74) is 6.30. The van der Waals surface area contributed by atoms with Gasteiger partial charge in [0.05, 0.1) is 6.07 Å². The van der Waals surface area contributed by atoms with E-state index in [0.717, 1.165) is 13.0 Å². The van der Waals surface area contributed by atoms with Gasteiger partial charge in [0, 0.05) is 25.0 Å². The first-order chi connectivity index (χ1) is 6.84. The average molecular weight is 211 g/mol. The molecule has 88 valence electrons. The molecule has 0 aliphatic heterocycles. The molecular weight excluding hydrogens is 186 g/mol. The molecule has 2 N–H and O–H groups in total. The molecule has 0 aliphatic carbocycles. The van der Waals surface area contributed by atoms with E-state index in [9.17, 15) is 0 Å². The molecule has 0 spiro atoms. The largest absolute Gasteiger partial charge is 0.326 e. The number of hydrogen-bond acceptors (Lipinski definition) is 3. The van der Waals surface area contributed by atoms with Gasteiger partial charge in [-0.15, -0.1) is 0 Å². The minimum Gasteiger partial charge on any atom is -0.326 e. The lowest BCUT2D eigenvalue weighted by atomic mass is 9.80. The Kier molecular flexibility index (Phi) is 5.85. The van der Waals surface area contributed by atoms with Crippen molar-refractivity contribution in [3.8, 4) is 6.07 Å². The molecule has 0 fully saturated rings. The van der Waals surface area contributed by atoms with E-state index >= 15 is 0 Å². The third-order valence-corrected chi connectivity index (χ3v) is 2.82. The molecule has 0 aromatic heterocycles. The van der Waals surface area contributed by atoms with Gasteiger partial charge in [-0.25, -0.2) is 0 Å². The Balaban J connectivity index is 4.57. The van der Waals surface area contributed by atoms with Crippen LogP contribution in [0.5, 0.6) is 0 Å². The lowest BCUT2D eigenvalue weighted by Gasteiger charge is -2.41. The molecular formula is C12H25N3. The first-order valence-corrected chi connectivity index (χ1v) is 5.67. The predicted molar refractivity (Wildman–Crippen MR) is 64.4 cm³/mol. The lowest BCUT2D eigenvalue weighted by molar-refractivity contribution is 0.102. The third-order valence-electron chi connectivity index (χ3n) is 2.82. The maximum Gasteiger partial charge on any atom is 0.0635 e. The van der Waals surface area contributed by atoms with E-state index in [1.807, 2.05) is 0 Å². The molecule has 3 nitrogen and oxygen atoms in total. The SMILES string of the molecule is CCC(N)C(N(C)CCC#N)C(C)(C)C. The molecule has 2 unspecified atom stereocenters. The van der Waals surface area contributed by atoms with Gasteiger partial charge in [0.1, 0.15) is 0 Å². The van der Waals surface area contributed by atoms with Gasteiger partial charge >= 0.3 is 0 Å². The van der Waals surface area contributed by atoms with Crippen molar-refractivity contribution in [1.29, 1.82) is 5.26 Å². The molecule has 15 heavy (non-hydrogen) atoms. The summed E-state index contributed by atoms with van der Waals surface area (Å²) in [6, 6.07) is 2.68. The minimum atomic E-state index is 0.152. The van der Waals surface area contributed by atoms with Crippen molar-refractivity contribution in [1.82, 2.24) is 4.90 Å². The molecule has 2 atom stereocenters. The number of likely N-dealkylation sites (N-methyl/N-ethyl adjacent to an activating group) is 1. The summed E-state index contributed by atoms with van der Waals surface area (Å²) in [6.45, 7) is 9.52. The topological polar surface area (TPSA) is 53.0 Å². The first kappa shape index (κ1) is 14.4. The van der Waals surface area contributed by atoms with E-state index in [1.54, 1.807) is 0 Å². The molecule has 0 bridgehead atoms. The molecule has 0 rings (SSSR count). The first-order valence-electron chi connectivity index (χ1n) is 5.67. The summed E-state index contributed by atoms with van der Waals surface area (Å²) in [4.78, 5) is 2.22. The Morgan fingerprint density at radius 1 is 1.40 bits per heavy atom. The van der Waals surface area contributed by atoms with E-state index in [-0.39, 0.29) is 11.5 Å². The monoisotopic (exact) mass is 211 g/mol. The molecule has 0 saturated heterocycles. The highest BCUT2D eigenvalue weighted by molar-refractivity contribution is 4.90. The van der Waals surface area contributed by atoms with Gasteiger partial charge in [-0.1, -0.05) is 27.7 Å². The van der Waals surface area contributed by atoms with Crippen LogP contribution in [-0.4, -0.2) is 30.6 Å². The van der Waals surface area contributed by atoms with E-state index in [2.05, 4.69) is 45.7 Å². The van der Waals surface area contributed by atoms with Crippen LogP contribution in [0.3, 0.4) is 0 Å². The lowest BCUT2D eigenvalue weighted by Crippen LogP contribution is -2.53. The van der Waals surface area contributed by atoms with E-state index in [4.69, 9.17) is 11.0 Å². The maximum atomic E-state index is 8.59. The number of nitrogens with two attached hydrogens (primary N) is 1. The predicted octanol–water partition coefficient (Wildman–Crippen LogP) is 1.98. The molecule has 0 heterocycles. The van der Waals surface area contributed by atoms with Crippen molar-refractivity contribution in [2.45, 2.75) is 52.6 Å². The summed E-state index contributed by atoms with van der Waals surface area (Å²) >= 11 is 0. The van der Waals surface area contributed by atoms with E-state index < -0.39 is 0 Å². The average Bonchev–Trinajstić information content (AvgIpc) is 2.12. The highest BCUT2D eigenvalue weighted by Crippen LogP contribution is 2.26. The summed E-state index contributed by atoms with van der Waals surface area (Å²) in [6.07, 6.45) is 1.54. The van der Waals surface area contributed by atoms with Gasteiger partial charge in [0.25, 0.3) is 0 Å². The van der Waals surface area contributed by atoms with Crippen LogP contribution in [0, 0.1) is 16.7 Å². The fourth-order valence-corrected chi connectivity index (χ4v) is 2.22. The Morgan fingerprint density at radius 3 is 2.27 bits per heavy atom. The van der Waals surface area contributed by atoms with Crippen molar-refractivity contribution in [3.05, 3.63) is 0 Å². The highest BCUT2D eigenvalue weighted by Gasteiger charge is 2.32. The molecule has 0 saturated carbocycles. The molecule has 0 aromatic carbocycles. The zero-order chi connectivity index (χ0) is 12.1. The number of rotatable bonds is 5. The van der Waals surface area contributed by atoms with Crippen molar-refractivity contribution in [2.75, 3.05) is 13.6 Å². The van der Waals surface area contributed by atoms with Crippen LogP contribution in [0.1, 0.15) is 40.5 Å². The number of nitrogens with zero attached hydrogens (tertiary/aromatic N) is 2. The maximum absolute atomic E-state index is 8.59. The van der Waals surface area contributed by atoms with Crippen molar-refractivity contribution < 1.29 is 0 Å². The number of nitriles is 1. The molecule has 0 aromatic rings. The molecule has 0 amide bonds.